The van der Waals surface area contributed by atoms with Crippen LogP contribution in [0.4, 0.5) is 5.69 Å². The molecule has 0 radical (unpaired) electrons. The molecule has 0 N–H and O–H groups in total. The highest BCUT2D eigenvalue weighted by Gasteiger charge is 2.49. The highest BCUT2D eigenvalue weighted by molar-refractivity contribution is 8.16. The molecule has 1 amide bonds. The van der Waals surface area contributed by atoms with Gasteiger partial charge in [-0.2, -0.15) is 4.99 Å². The first-order valence-corrected chi connectivity index (χ1v) is 12.0. The van der Waals surface area contributed by atoms with Gasteiger partial charge in [-0.3, -0.25) is 4.79 Å². The molecule has 5 nitrogen and oxygen atoms in total. The highest BCUT2D eigenvalue weighted by Crippen LogP contribution is 2.41. The van der Waals surface area contributed by atoms with Crippen molar-refractivity contribution in [3.8, 4) is 0 Å². The van der Waals surface area contributed by atoms with E-state index in [4.69, 9.17) is 11.6 Å². The molecule has 4 rings (SSSR count). The first-order chi connectivity index (χ1) is 13.3. The van der Waals surface area contributed by atoms with Crippen LogP contribution < -0.4 is 4.90 Å². The standard InChI is InChI=1S/C20H19ClN2O3S2/c1-13-2-8-16(9-3-13)23-17-11-28(25,26)12-18(17)27-20(23)22-19(24)10-14-4-6-15(21)7-5-14/h2-9,17-18H,10-12H2,1H3/t17-,18+/m1/s1. The van der Waals surface area contributed by atoms with E-state index in [1.807, 2.05) is 36.1 Å². The zero-order valence-corrected chi connectivity index (χ0v) is 17.6. The molecule has 2 aliphatic heterocycles. The number of rotatable bonds is 3. The van der Waals surface area contributed by atoms with Crippen molar-refractivity contribution in [1.29, 1.82) is 0 Å². The molecule has 28 heavy (non-hydrogen) atoms. The Morgan fingerprint density at radius 2 is 1.82 bits per heavy atom. The highest BCUT2D eigenvalue weighted by atomic mass is 35.5. The number of fused-ring (bicyclic) bond motifs is 1. The zero-order chi connectivity index (χ0) is 19.9. The van der Waals surface area contributed by atoms with Crippen LogP contribution in [-0.4, -0.2) is 42.3 Å². The van der Waals surface area contributed by atoms with Gasteiger partial charge in [0, 0.05) is 16.0 Å². The van der Waals surface area contributed by atoms with Crippen LogP contribution in [0.2, 0.25) is 5.02 Å². The van der Waals surface area contributed by atoms with Gasteiger partial charge >= 0.3 is 0 Å². The maximum Gasteiger partial charge on any atom is 0.252 e. The number of sulfone groups is 1. The summed E-state index contributed by atoms with van der Waals surface area (Å²) in [7, 11) is -3.07. The van der Waals surface area contributed by atoms with E-state index in [1.54, 1.807) is 24.3 Å². The Balaban J connectivity index is 1.62. The normalized spacial score (nSPS) is 24.5. The van der Waals surface area contributed by atoms with Gasteiger partial charge in [-0.05, 0) is 36.8 Å². The fourth-order valence-corrected chi connectivity index (χ4v) is 7.55. The van der Waals surface area contributed by atoms with Crippen molar-refractivity contribution in [2.75, 3.05) is 16.4 Å². The van der Waals surface area contributed by atoms with Gasteiger partial charge in [-0.1, -0.05) is 53.2 Å². The summed E-state index contributed by atoms with van der Waals surface area (Å²) in [5, 5.41) is 1.09. The van der Waals surface area contributed by atoms with E-state index in [-0.39, 0.29) is 35.1 Å². The van der Waals surface area contributed by atoms with Crippen LogP contribution in [0.1, 0.15) is 11.1 Å². The van der Waals surface area contributed by atoms with Crippen molar-refractivity contribution < 1.29 is 13.2 Å². The molecule has 0 bridgehead atoms. The van der Waals surface area contributed by atoms with Crippen LogP contribution >= 0.6 is 23.4 Å². The van der Waals surface area contributed by atoms with Crippen LogP contribution in [0.5, 0.6) is 0 Å². The second kappa shape index (κ2) is 7.54. The monoisotopic (exact) mass is 434 g/mol. The number of hydrogen-bond donors (Lipinski definition) is 0. The minimum Gasteiger partial charge on any atom is -0.316 e. The summed E-state index contributed by atoms with van der Waals surface area (Å²) < 4.78 is 24.2. The van der Waals surface area contributed by atoms with Gasteiger partial charge < -0.3 is 4.90 Å². The topological polar surface area (TPSA) is 66.8 Å². The molecule has 2 saturated heterocycles. The Bertz CT molecular complexity index is 1030. The summed E-state index contributed by atoms with van der Waals surface area (Å²) in [6.07, 6.45) is 0.177. The van der Waals surface area contributed by atoms with Gasteiger partial charge in [0.2, 0.25) is 0 Å². The number of aliphatic imine (C=N–C) groups is 1. The van der Waals surface area contributed by atoms with Gasteiger partial charge in [0.1, 0.15) is 0 Å². The minimum atomic E-state index is -3.07. The Labute approximate surface area is 173 Å². The van der Waals surface area contributed by atoms with Gasteiger partial charge in [0.15, 0.2) is 15.0 Å². The average molecular weight is 435 g/mol. The lowest BCUT2D eigenvalue weighted by atomic mass is 10.1. The number of benzene rings is 2. The number of carbonyl (C=O) groups is 1. The third-order valence-corrected chi connectivity index (χ3v) is 8.33. The van der Waals surface area contributed by atoms with Crippen molar-refractivity contribution in [2.45, 2.75) is 24.6 Å². The summed E-state index contributed by atoms with van der Waals surface area (Å²) in [5.41, 5.74) is 2.82. The van der Waals surface area contributed by atoms with E-state index in [1.165, 1.54) is 11.8 Å². The molecule has 0 saturated carbocycles. The number of anilines is 1. The number of nitrogens with zero attached hydrogens (tertiary/aromatic N) is 2. The molecule has 2 heterocycles. The number of thioether (sulfide) groups is 1. The maximum absolute atomic E-state index is 12.6. The molecule has 2 aromatic carbocycles. The van der Waals surface area contributed by atoms with E-state index < -0.39 is 9.84 Å². The maximum atomic E-state index is 12.6. The number of hydrogen-bond acceptors (Lipinski definition) is 4. The van der Waals surface area contributed by atoms with Crippen LogP contribution in [0, 0.1) is 6.92 Å². The molecule has 146 valence electrons. The predicted octanol–water partition coefficient (Wildman–Crippen LogP) is 3.49. The molecule has 2 atom stereocenters. The summed E-state index contributed by atoms with van der Waals surface area (Å²) in [6, 6.07) is 14.8. The Morgan fingerprint density at radius 3 is 2.50 bits per heavy atom. The Hall–Kier alpha value is -1.83. The SMILES string of the molecule is Cc1ccc(N2C(=NC(=O)Cc3ccc(Cl)cc3)S[C@H]3CS(=O)(=O)C[C@H]32)cc1. The van der Waals surface area contributed by atoms with E-state index in [0.29, 0.717) is 10.2 Å². The number of aryl methyl sites for hydroxylation is 1. The zero-order valence-electron chi connectivity index (χ0n) is 15.2. The summed E-state index contributed by atoms with van der Waals surface area (Å²) in [4.78, 5) is 18.8. The lowest BCUT2D eigenvalue weighted by Gasteiger charge is -2.24. The predicted molar refractivity (Wildman–Crippen MR) is 115 cm³/mol. The van der Waals surface area contributed by atoms with E-state index in [2.05, 4.69) is 4.99 Å². The molecule has 2 fully saturated rings. The van der Waals surface area contributed by atoms with E-state index >= 15 is 0 Å². The number of carbonyl (C=O) groups excluding carboxylic acids is 1. The molecule has 2 aromatic rings. The third-order valence-electron chi connectivity index (χ3n) is 4.87. The Morgan fingerprint density at radius 1 is 1.14 bits per heavy atom. The van der Waals surface area contributed by atoms with Crippen molar-refractivity contribution in [3.05, 3.63) is 64.7 Å². The third kappa shape index (κ3) is 4.11. The summed E-state index contributed by atoms with van der Waals surface area (Å²) in [5.74, 6) is -0.0531. The average Bonchev–Trinajstić information content (AvgIpc) is 3.09. The fourth-order valence-electron chi connectivity index (χ4n) is 3.49. The molecular formula is C20H19ClN2O3S2. The molecule has 8 heteroatoms. The quantitative estimate of drug-likeness (QED) is 0.739. The van der Waals surface area contributed by atoms with Gasteiger partial charge in [-0.15, -0.1) is 0 Å². The molecular weight excluding hydrogens is 416 g/mol. The molecule has 0 unspecified atom stereocenters. The van der Waals surface area contributed by atoms with E-state index in [9.17, 15) is 13.2 Å². The summed E-state index contributed by atoms with van der Waals surface area (Å²) in [6.45, 7) is 2.00. The lowest BCUT2D eigenvalue weighted by Crippen LogP contribution is -2.37. The minimum absolute atomic E-state index is 0.0862. The van der Waals surface area contributed by atoms with Crippen molar-refractivity contribution in [2.24, 2.45) is 4.99 Å². The molecule has 0 spiro atoms. The molecule has 2 aliphatic rings. The van der Waals surface area contributed by atoms with Crippen LogP contribution in [0.25, 0.3) is 0 Å². The summed E-state index contributed by atoms with van der Waals surface area (Å²) >= 11 is 7.28. The fraction of sp³-hybridized carbons (Fsp3) is 0.300. The van der Waals surface area contributed by atoms with Gasteiger partial charge in [-0.25, -0.2) is 8.42 Å². The number of halogens is 1. The van der Waals surface area contributed by atoms with Crippen LogP contribution in [0.3, 0.4) is 0 Å². The molecule has 0 aliphatic carbocycles. The Kier molecular flexibility index (Phi) is 5.24. The van der Waals surface area contributed by atoms with Crippen molar-refractivity contribution >= 4 is 50.0 Å². The van der Waals surface area contributed by atoms with Gasteiger partial charge in [0.05, 0.1) is 24.0 Å². The molecule has 0 aromatic heterocycles. The second-order valence-electron chi connectivity index (χ2n) is 7.10. The first kappa shape index (κ1) is 19.5. The van der Waals surface area contributed by atoms with Crippen LogP contribution in [-0.2, 0) is 21.1 Å². The lowest BCUT2D eigenvalue weighted by molar-refractivity contribution is -0.117. The number of amides is 1. The largest absolute Gasteiger partial charge is 0.316 e. The number of amidine groups is 1. The van der Waals surface area contributed by atoms with E-state index in [0.717, 1.165) is 16.8 Å². The smallest absolute Gasteiger partial charge is 0.252 e. The van der Waals surface area contributed by atoms with Crippen molar-refractivity contribution in [3.63, 3.8) is 0 Å². The van der Waals surface area contributed by atoms with Crippen LogP contribution in [0.15, 0.2) is 53.5 Å². The second-order valence-corrected chi connectivity index (χ2v) is 10.9. The van der Waals surface area contributed by atoms with Gasteiger partial charge in [0.25, 0.3) is 5.91 Å². The first-order valence-electron chi connectivity index (χ1n) is 8.90. The van der Waals surface area contributed by atoms with Crippen molar-refractivity contribution in [1.82, 2.24) is 0 Å².